The molecule has 3 aliphatic rings. The van der Waals surface area contributed by atoms with Crippen LogP contribution in [0.5, 0.6) is 0 Å². The Morgan fingerprint density at radius 3 is 2.56 bits per heavy atom. The molecule has 0 radical (unpaired) electrons. The minimum Gasteiger partial charge on any atom is -0.400 e. The van der Waals surface area contributed by atoms with E-state index < -0.39 is 10.8 Å². The quantitative estimate of drug-likeness (QED) is 0.886. The predicted molar refractivity (Wildman–Crippen MR) is 104 cm³/mol. The summed E-state index contributed by atoms with van der Waals surface area (Å²) in [6.45, 7) is 1.65. The summed E-state index contributed by atoms with van der Waals surface area (Å²) >= 11 is 0. The fourth-order valence-corrected chi connectivity index (χ4v) is 6.51. The van der Waals surface area contributed by atoms with Crippen molar-refractivity contribution in [3.8, 4) is 6.07 Å². The lowest BCUT2D eigenvalue weighted by Gasteiger charge is -2.45. The Morgan fingerprint density at radius 2 is 1.85 bits per heavy atom. The van der Waals surface area contributed by atoms with Gasteiger partial charge in [0.15, 0.2) is 0 Å². The van der Waals surface area contributed by atoms with E-state index in [9.17, 15) is 10.1 Å². The number of carbonyl (C=O) groups excluding carboxylic acids is 1. The van der Waals surface area contributed by atoms with Gasteiger partial charge in [0.2, 0.25) is 0 Å². The molecule has 1 unspecified atom stereocenters. The van der Waals surface area contributed by atoms with E-state index in [1.165, 1.54) is 16.7 Å². The molecular weight excluding hydrogens is 332 g/mol. The Balaban J connectivity index is 1.86. The second kappa shape index (κ2) is 5.33. The molecule has 0 amide bonds. The minimum atomic E-state index is -0.769. The zero-order valence-corrected chi connectivity index (χ0v) is 15.4. The van der Waals surface area contributed by atoms with Crippen LogP contribution in [0.4, 0.5) is 0 Å². The zero-order valence-electron chi connectivity index (χ0n) is 15.4. The first-order chi connectivity index (χ1) is 13.1. The molecule has 2 N–H and O–H groups in total. The number of aryl methyl sites for hydroxylation is 1. The Hall–Kier alpha value is -2.86. The number of ketones is 1. The van der Waals surface area contributed by atoms with Crippen molar-refractivity contribution in [3.63, 3.8) is 0 Å². The summed E-state index contributed by atoms with van der Waals surface area (Å²) in [7, 11) is 0. The maximum Gasteiger partial charge on any atom is 0.142 e. The fourth-order valence-electron chi connectivity index (χ4n) is 6.51. The average molecular weight is 354 g/mol. The number of nitrogens with two attached hydrogens (primary N) is 1. The van der Waals surface area contributed by atoms with Gasteiger partial charge in [0, 0.05) is 17.0 Å². The summed E-state index contributed by atoms with van der Waals surface area (Å²) in [4.78, 5) is 13.1. The number of hydrogen-bond donors (Lipinski definition) is 1. The second-order valence-corrected chi connectivity index (χ2v) is 8.27. The van der Waals surface area contributed by atoms with E-state index in [1.807, 2.05) is 24.3 Å². The molecule has 1 saturated carbocycles. The molecule has 3 nitrogen and oxygen atoms in total. The van der Waals surface area contributed by atoms with Crippen LogP contribution in [-0.4, -0.2) is 5.78 Å². The first-order valence-corrected chi connectivity index (χ1v) is 9.62. The lowest BCUT2D eigenvalue weighted by atomic mass is 9.57. The van der Waals surface area contributed by atoms with Crippen molar-refractivity contribution in [2.24, 2.45) is 17.1 Å². The highest BCUT2D eigenvalue weighted by Crippen LogP contribution is 2.74. The van der Waals surface area contributed by atoms with E-state index >= 15 is 0 Å². The van der Waals surface area contributed by atoms with E-state index in [0.29, 0.717) is 17.7 Å². The van der Waals surface area contributed by atoms with E-state index in [-0.39, 0.29) is 17.6 Å². The fraction of sp³-hybridized carbons (Fsp3) is 0.333. The van der Waals surface area contributed by atoms with Crippen LogP contribution in [0.1, 0.15) is 42.4 Å². The summed E-state index contributed by atoms with van der Waals surface area (Å²) in [5.74, 6) is 0.340. The largest absolute Gasteiger partial charge is 0.400 e. The van der Waals surface area contributed by atoms with Gasteiger partial charge in [0.1, 0.15) is 5.78 Å². The van der Waals surface area contributed by atoms with Gasteiger partial charge in [-0.15, -0.1) is 0 Å². The van der Waals surface area contributed by atoms with Gasteiger partial charge in [-0.1, -0.05) is 54.6 Å². The van der Waals surface area contributed by atoms with E-state index in [4.69, 9.17) is 5.73 Å². The molecule has 134 valence electrons. The van der Waals surface area contributed by atoms with Crippen molar-refractivity contribution in [1.82, 2.24) is 0 Å². The number of allylic oxidation sites excluding steroid dienone is 2. The SMILES string of the molecule is CC(=O)[C@]12C[C@@]3(C(C#N)=C1N)c1ccccc1CCC3[C@@H]2c1ccccc1. The summed E-state index contributed by atoms with van der Waals surface area (Å²) in [6.07, 6.45) is 2.59. The molecule has 0 aromatic heterocycles. The van der Waals surface area contributed by atoms with Crippen molar-refractivity contribution in [2.75, 3.05) is 0 Å². The van der Waals surface area contributed by atoms with Gasteiger partial charge in [-0.3, -0.25) is 4.79 Å². The number of nitriles is 1. The van der Waals surface area contributed by atoms with Gasteiger partial charge in [-0.25, -0.2) is 0 Å². The highest BCUT2D eigenvalue weighted by Gasteiger charge is 2.72. The third-order valence-corrected chi connectivity index (χ3v) is 7.44. The van der Waals surface area contributed by atoms with Crippen LogP contribution in [0.25, 0.3) is 0 Å². The maximum atomic E-state index is 13.1. The van der Waals surface area contributed by atoms with Crippen LogP contribution >= 0.6 is 0 Å². The maximum absolute atomic E-state index is 13.1. The Labute approximate surface area is 159 Å². The smallest absolute Gasteiger partial charge is 0.142 e. The number of Topliss-reactive ketones (excluding diaryl/α,β-unsaturated/α-hetero) is 1. The van der Waals surface area contributed by atoms with Crippen LogP contribution in [0.2, 0.25) is 0 Å². The van der Waals surface area contributed by atoms with Crippen molar-refractivity contribution >= 4 is 5.78 Å². The molecule has 2 aromatic rings. The predicted octanol–water partition coefficient (Wildman–Crippen LogP) is 4.00. The van der Waals surface area contributed by atoms with E-state index in [0.717, 1.165) is 12.8 Å². The van der Waals surface area contributed by atoms with Gasteiger partial charge in [0.05, 0.1) is 17.1 Å². The van der Waals surface area contributed by atoms with Gasteiger partial charge >= 0.3 is 0 Å². The topological polar surface area (TPSA) is 66.9 Å². The Kier molecular flexibility index (Phi) is 3.22. The van der Waals surface area contributed by atoms with E-state index in [1.54, 1.807) is 6.92 Å². The first-order valence-electron chi connectivity index (χ1n) is 9.62. The summed E-state index contributed by atoms with van der Waals surface area (Å²) in [5, 5.41) is 10.1. The van der Waals surface area contributed by atoms with Crippen LogP contribution in [0.3, 0.4) is 0 Å². The van der Waals surface area contributed by atoms with Gasteiger partial charge in [-0.2, -0.15) is 5.26 Å². The molecule has 3 aliphatic carbocycles. The third kappa shape index (κ3) is 1.74. The van der Waals surface area contributed by atoms with Crippen molar-refractivity contribution in [2.45, 2.75) is 37.5 Å². The highest BCUT2D eigenvalue weighted by atomic mass is 16.1. The highest BCUT2D eigenvalue weighted by molar-refractivity contribution is 5.91. The molecule has 0 aliphatic heterocycles. The molecule has 0 saturated heterocycles. The molecule has 1 fully saturated rings. The normalized spacial score (nSPS) is 33.3. The Bertz CT molecular complexity index is 1030. The summed E-state index contributed by atoms with van der Waals surface area (Å²) < 4.78 is 0. The van der Waals surface area contributed by atoms with Gasteiger partial charge < -0.3 is 5.73 Å². The van der Waals surface area contributed by atoms with Crippen molar-refractivity contribution in [3.05, 3.63) is 82.6 Å². The number of hydrogen-bond acceptors (Lipinski definition) is 3. The number of benzene rings is 2. The molecule has 27 heavy (non-hydrogen) atoms. The molecular formula is C24H22N2O. The monoisotopic (exact) mass is 354 g/mol. The van der Waals surface area contributed by atoms with Crippen LogP contribution in [0.15, 0.2) is 65.9 Å². The van der Waals surface area contributed by atoms with Crippen LogP contribution in [0, 0.1) is 22.7 Å². The lowest BCUT2D eigenvalue weighted by Crippen LogP contribution is -2.44. The molecule has 0 heterocycles. The van der Waals surface area contributed by atoms with Gasteiger partial charge in [-0.05, 0) is 48.8 Å². The number of rotatable bonds is 2. The Morgan fingerprint density at radius 1 is 1.15 bits per heavy atom. The lowest BCUT2D eigenvalue weighted by molar-refractivity contribution is -0.125. The third-order valence-electron chi connectivity index (χ3n) is 7.44. The summed E-state index contributed by atoms with van der Waals surface area (Å²) in [5.41, 5.74) is 10.3. The number of carbonyl (C=O) groups is 1. The average Bonchev–Trinajstić information content (AvgIpc) is 3.15. The molecule has 3 heteroatoms. The molecule has 5 rings (SSSR count). The minimum absolute atomic E-state index is 0.0293. The summed E-state index contributed by atoms with van der Waals surface area (Å²) in [6, 6.07) is 21.1. The van der Waals surface area contributed by atoms with Gasteiger partial charge in [0.25, 0.3) is 0 Å². The van der Waals surface area contributed by atoms with Crippen molar-refractivity contribution < 1.29 is 4.79 Å². The van der Waals surface area contributed by atoms with E-state index in [2.05, 4.69) is 36.4 Å². The molecule has 2 aromatic carbocycles. The molecule has 2 bridgehead atoms. The second-order valence-electron chi connectivity index (χ2n) is 8.27. The molecule has 4 atom stereocenters. The number of fused-ring (bicyclic) bond motifs is 2. The van der Waals surface area contributed by atoms with Crippen molar-refractivity contribution in [1.29, 1.82) is 5.26 Å². The zero-order chi connectivity index (χ0) is 18.8. The van der Waals surface area contributed by atoms with Crippen LogP contribution < -0.4 is 5.73 Å². The van der Waals surface area contributed by atoms with Crippen LogP contribution in [-0.2, 0) is 16.6 Å². The number of nitrogens with zero attached hydrogens (tertiary/aromatic N) is 1. The first kappa shape index (κ1) is 16.3. The molecule has 1 spiro atoms. The standard InChI is InChI=1S/C24H22N2O/c1-15(27)23-14-24(20(13-25)22(23)26)18-10-6-5-7-16(18)11-12-19(24)21(23)17-8-3-2-4-9-17/h2-10,19,21H,11-12,14,26H2,1H3/t19?,21-,23-,24+/m0/s1.